The van der Waals surface area contributed by atoms with E-state index in [1.165, 1.54) is 0 Å². The molecular weight excluding hydrogens is 474 g/mol. The fraction of sp³-hybridized carbons (Fsp3) is 0. The molecule has 0 aliphatic heterocycles. The van der Waals surface area contributed by atoms with Gasteiger partial charge in [-0.05, 0) is 56.1 Å². The number of benzene rings is 1. The SMILES string of the molecule is Nc1c(Br)cc(Br)cc1-c1nc(-c2ccc(Br)s2)no1. The number of nitrogens with zero attached hydrogens (tertiary/aromatic N) is 2. The minimum Gasteiger partial charge on any atom is -0.397 e. The van der Waals surface area contributed by atoms with E-state index in [1.807, 2.05) is 24.3 Å². The molecule has 20 heavy (non-hydrogen) atoms. The second kappa shape index (κ2) is 5.59. The molecule has 0 aliphatic carbocycles. The first-order chi connectivity index (χ1) is 9.54. The Hall–Kier alpha value is -0.700. The molecular formula is C12H6Br3N3OS. The normalized spacial score (nSPS) is 10.9. The Morgan fingerprint density at radius 3 is 2.65 bits per heavy atom. The predicted molar refractivity (Wildman–Crippen MR) is 90.6 cm³/mol. The Morgan fingerprint density at radius 1 is 1.15 bits per heavy atom. The van der Waals surface area contributed by atoms with Gasteiger partial charge >= 0.3 is 0 Å². The third-order valence-electron chi connectivity index (χ3n) is 2.54. The molecule has 4 nitrogen and oxygen atoms in total. The fourth-order valence-electron chi connectivity index (χ4n) is 1.63. The van der Waals surface area contributed by atoms with Crippen LogP contribution >= 0.6 is 59.1 Å². The molecule has 1 aromatic carbocycles. The summed E-state index contributed by atoms with van der Waals surface area (Å²) in [6.45, 7) is 0. The summed E-state index contributed by atoms with van der Waals surface area (Å²) in [6.07, 6.45) is 0. The molecule has 0 fully saturated rings. The smallest absolute Gasteiger partial charge is 0.260 e. The number of rotatable bonds is 2. The third kappa shape index (κ3) is 2.69. The van der Waals surface area contributed by atoms with Crippen LogP contribution in [0.1, 0.15) is 0 Å². The summed E-state index contributed by atoms with van der Waals surface area (Å²) < 4.78 is 7.99. The quantitative estimate of drug-likeness (QED) is 0.504. The van der Waals surface area contributed by atoms with Crippen LogP contribution in [0.3, 0.4) is 0 Å². The van der Waals surface area contributed by atoms with Crippen LogP contribution in [0, 0.1) is 0 Å². The van der Waals surface area contributed by atoms with Crippen molar-refractivity contribution in [3.8, 4) is 22.2 Å². The lowest BCUT2D eigenvalue weighted by Gasteiger charge is -2.04. The molecule has 3 rings (SSSR count). The topological polar surface area (TPSA) is 64.9 Å². The largest absolute Gasteiger partial charge is 0.397 e. The van der Waals surface area contributed by atoms with Crippen molar-refractivity contribution in [2.45, 2.75) is 0 Å². The van der Waals surface area contributed by atoms with Crippen LogP contribution < -0.4 is 5.73 Å². The van der Waals surface area contributed by atoms with Gasteiger partial charge in [0.15, 0.2) is 0 Å². The third-order valence-corrected chi connectivity index (χ3v) is 5.28. The number of thiophene rings is 1. The summed E-state index contributed by atoms with van der Waals surface area (Å²) in [5.74, 6) is 0.940. The monoisotopic (exact) mass is 477 g/mol. The van der Waals surface area contributed by atoms with Crippen LogP contribution in [0.25, 0.3) is 22.2 Å². The minimum absolute atomic E-state index is 0.393. The van der Waals surface area contributed by atoms with Crippen LogP contribution in [0.4, 0.5) is 5.69 Å². The van der Waals surface area contributed by atoms with Crippen LogP contribution in [0.5, 0.6) is 0 Å². The molecule has 0 unspecified atom stereocenters. The highest BCUT2D eigenvalue weighted by Crippen LogP contribution is 2.36. The molecule has 0 atom stereocenters. The Morgan fingerprint density at radius 2 is 1.95 bits per heavy atom. The fourth-order valence-corrected chi connectivity index (χ4v) is 4.17. The minimum atomic E-state index is 0.393. The summed E-state index contributed by atoms with van der Waals surface area (Å²) in [6, 6.07) is 7.60. The summed E-state index contributed by atoms with van der Waals surface area (Å²) in [4.78, 5) is 5.33. The molecule has 0 bridgehead atoms. The molecule has 2 heterocycles. The number of halogens is 3. The first-order valence-electron chi connectivity index (χ1n) is 5.39. The highest BCUT2D eigenvalue weighted by molar-refractivity contribution is 9.11. The lowest BCUT2D eigenvalue weighted by atomic mass is 10.2. The highest BCUT2D eigenvalue weighted by atomic mass is 79.9. The number of anilines is 1. The number of aromatic nitrogens is 2. The second-order valence-corrected chi connectivity index (χ2v) is 8.11. The molecule has 0 saturated carbocycles. The van der Waals surface area contributed by atoms with E-state index < -0.39 is 0 Å². The van der Waals surface area contributed by atoms with Gasteiger partial charge < -0.3 is 10.3 Å². The number of hydrogen-bond acceptors (Lipinski definition) is 5. The zero-order valence-electron chi connectivity index (χ0n) is 9.73. The number of hydrogen-bond donors (Lipinski definition) is 1. The lowest BCUT2D eigenvalue weighted by molar-refractivity contribution is 0.432. The van der Waals surface area contributed by atoms with Crippen LogP contribution in [0.2, 0.25) is 0 Å². The number of nitrogens with two attached hydrogens (primary N) is 1. The van der Waals surface area contributed by atoms with E-state index in [2.05, 4.69) is 57.9 Å². The molecule has 0 amide bonds. The van der Waals surface area contributed by atoms with Crippen LogP contribution in [-0.2, 0) is 0 Å². The van der Waals surface area contributed by atoms with E-state index in [9.17, 15) is 0 Å². The van der Waals surface area contributed by atoms with Crippen molar-refractivity contribution in [1.82, 2.24) is 10.1 Å². The Bertz CT molecular complexity index is 784. The molecule has 3 aromatic rings. The maximum Gasteiger partial charge on any atom is 0.260 e. The van der Waals surface area contributed by atoms with Gasteiger partial charge in [0.2, 0.25) is 5.82 Å². The maximum atomic E-state index is 6.04. The van der Waals surface area contributed by atoms with E-state index in [0.717, 1.165) is 17.6 Å². The van der Waals surface area contributed by atoms with Crippen molar-refractivity contribution in [3.63, 3.8) is 0 Å². The van der Waals surface area contributed by atoms with Gasteiger partial charge in [0, 0.05) is 8.95 Å². The van der Waals surface area contributed by atoms with E-state index in [-0.39, 0.29) is 0 Å². The standard InChI is InChI=1S/C12H6Br3N3OS/c13-5-3-6(10(16)7(14)4-5)12-17-11(18-19-12)8-1-2-9(15)20-8/h1-4H,16H2. The van der Waals surface area contributed by atoms with Crippen LogP contribution in [-0.4, -0.2) is 10.1 Å². The zero-order chi connectivity index (χ0) is 14.3. The molecule has 0 spiro atoms. The van der Waals surface area contributed by atoms with Gasteiger partial charge in [-0.15, -0.1) is 11.3 Å². The van der Waals surface area contributed by atoms with Crippen molar-refractivity contribution < 1.29 is 4.52 Å². The van der Waals surface area contributed by atoms with Gasteiger partial charge in [-0.3, -0.25) is 0 Å². The first-order valence-corrected chi connectivity index (χ1v) is 8.58. The first kappa shape index (κ1) is 14.2. The van der Waals surface area contributed by atoms with Gasteiger partial charge in [-0.25, -0.2) is 0 Å². The Balaban J connectivity index is 2.06. The van der Waals surface area contributed by atoms with Gasteiger partial charge in [-0.1, -0.05) is 21.1 Å². The Kier molecular flexibility index (Phi) is 3.98. The van der Waals surface area contributed by atoms with Gasteiger partial charge in [0.1, 0.15) is 0 Å². The summed E-state index contributed by atoms with van der Waals surface area (Å²) in [5.41, 5.74) is 7.30. The van der Waals surface area contributed by atoms with Gasteiger partial charge in [-0.2, -0.15) is 4.98 Å². The number of nitrogen functional groups attached to an aromatic ring is 1. The molecule has 2 aromatic heterocycles. The van der Waals surface area contributed by atoms with Crippen molar-refractivity contribution in [1.29, 1.82) is 0 Å². The second-order valence-electron chi connectivity index (χ2n) is 3.88. The van der Waals surface area contributed by atoms with E-state index in [1.54, 1.807) is 11.3 Å². The van der Waals surface area contributed by atoms with Crippen molar-refractivity contribution in [3.05, 3.63) is 37.0 Å². The van der Waals surface area contributed by atoms with Crippen molar-refractivity contribution >= 4 is 64.8 Å². The molecule has 0 saturated heterocycles. The van der Waals surface area contributed by atoms with Crippen molar-refractivity contribution in [2.75, 3.05) is 5.73 Å². The highest BCUT2D eigenvalue weighted by Gasteiger charge is 2.16. The molecule has 102 valence electrons. The van der Waals surface area contributed by atoms with Crippen LogP contribution in [0.15, 0.2) is 41.5 Å². The summed E-state index contributed by atoms with van der Waals surface area (Å²) in [7, 11) is 0. The van der Waals surface area contributed by atoms with E-state index in [0.29, 0.717) is 23.0 Å². The van der Waals surface area contributed by atoms with E-state index in [4.69, 9.17) is 10.3 Å². The summed E-state index contributed by atoms with van der Waals surface area (Å²) in [5, 5.41) is 3.99. The summed E-state index contributed by atoms with van der Waals surface area (Å²) >= 11 is 11.8. The average molecular weight is 480 g/mol. The maximum absolute atomic E-state index is 6.04. The van der Waals surface area contributed by atoms with Gasteiger partial charge in [0.25, 0.3) is 5.89 Å². The molecule has 2 N–H and O–H groups in total. The zero-order valence-corrected chi connectivity index (χ0v) is 15.3. The molecule has 0 aliphatic rings. The predicted octanol–water partition coefficient (Wildman–Crippen LogP) is 5.33. The van der Waals surface area contributed by atoms with Gasteiger partial charge in [0.05, 0.1) is 19.9 Å². The molecule has 0 radical (unpaired) electrons. The average Bonchev–Trinajstić information content (AvgIpc) is 3.02. The Labute approximate surface area is 143 Å². The van der Waals surface area contributed by atoms with Crippen molar-refractivity contribution in [2.24, 2.45) is 0 Å². The van der Waals surface area contributed by atoms with E-state index >= 15 is 0 Å². The molecule has 8 heteroatoms. The lowest BCUT2D eigenvalue weighted by Crippen LogP contribution is -1.92.